The Hall–Kier alpha value is -0.240. The third kappa shape index (κ3) is 5.76. The molecule has 2 heteroatoms. The van der Waals surface area contributed by atoms with E-state index >= 15 is 0 Å². The maximum absolute atomic E-state index is 9.71. The first-order valence-corrected chi connectivity index (χ1v) is 3.06. The van der Waals surface area contributed by atoms with Gasteiger partial charge in [0.1, 0.15) is 0 Å². The number of hydrogen-bond acceptors (Lipinski definition) is 1. The Kier molecular flexibility index (Phi) is 3.80. The summed E-state index contributed by atoms with van der Waals surface area (Å²) in [6.07, 6.45) is 1.91. The highest BCUT2D eigenvalue weighted by atomic mass is 32.1. The van der Waals surface area contributed by atoms with Gasteiger partial charge in [-0.05, 0) is 19.9 Å². The molecule has 0 aliphatic carbocycles. The smallest absolute Gasteiger partial charge is 0.0750 e. The zero-order valence-corrected chi connectivity index (χ0v) is 5.42. The molecular formula is C5H9OS+. The first-order chi connectivity index (χ1) is 3.27. The van der Waals surface area contributed by atoms with Crippen molar-refractivity contribution in [3.8, 4) is 0 Å². The van der Waals surface area contributed by atoms with Gasteiger partial charge in [0.25, 0.3) is 0 Å². The zero-order chi connectivity index (χ0) is 5.70. The van der Waals surface area contributed by atoms with Gasteiger partial charge in [-0.15, -0.1) is 0 Å². The highest BCUT2D eigenvalue weighted by molar-refractivity contribution is 7.65. The molecule has 0 aromatic heterocycles. The maximum Gasteiger partial charge on any atom is 0.463 e. The van der Waals surface area contributed by atoms with Crippen molar-refractivity contribution in [2.75, 3.05) is 5.75 Å². The summed E-state index contributed by atoms with van der Waals surface area (Å²) in [7, 11) is 0. The quantitative estimate of drug-likeness (QED) is 0.394. The van der Waals surface area contributed by atoms with Crippen LogP contribution in [0.1, 0.15) is 13.8 Å². The molecule has 0 unspecified atom stereocenters. The number of allylic oxidation sites excluding steroid dienone is 1. The van der Waals surface area contributed by atoms with E-state index in [1.165, 1.54) is 5.57 Å². The van der Waals surface area contributed by atoms with Crippen LogP contribution in [-0.4, -0.2) is 5.75 Å². The number of hydrogen-bond donors (Lipinski definition) is 0. The molecule has 7 heavy (non-hydrogen) atoms. The van der Waals surface area contributed by atoms with Crippen molar-refractivity contribution >= 4 is 11.7 Å². The molecule has 0 fully saturated rings. The van der Waals surface area contributed by atoms with Gasteiger partial charge in [-0.1, -0.05) is 5.57 Å². The van der Waals surface area contributed by atoms with E-state index in [9.17, 15) is 4.21 Å². The van der Waals surface area contributed by atoms with Crippen LogP contribution in [0.5, 0.6) is 0 Å². The van der Waals surface area contributed by atoms with Crippen LogP contribution in [0.3, 0.4) is 0 Å². The second kappa shape index (κ2) is 3.93. The molecule has 40 valence electrons. The zero-order valence-electron chi connectivity index (χ0n) is 4.60. The second-order valence-electron chi connectivity index (χ2n) is 1.57. The summed E-state index contributed by atoms with van der Waals surface area (Å²) >= 11 is 0.604. The van der Waals surface area contributed by atoms with Crippen LogP contribution in [0.2, 0.25) is 0 Å². The number of rotatable bonds is 2. The molecule has 0 aliphatic heterocycles. The average molecular weight is 117 g/mol. The molecule has 0 bridgehead atoms. The Morgan fingerprint density at radius 1 is 1.71 bits per heavy atom. The summed E-state index contributed by atoms with van der Waals surface area (Å²) in [5, 5.41) is 0. The minimum absolute atomic E-state index is 0.600. The van der Waals surface area contributed by atoms with E-state index in [0.717, 1.165) is 0 Å². The Balaban J connectivity index is 3.25. The summed E-state index contributed by atoms with van der Waals surface area (Å²) in [5.74, 6) is 0.600. The normalized spacial score (nSPS) is 7.71. The average Bonchev–Trinajstić information content (AvgIpc) is 1.61. The predicted octanol–water partition coefficient (Wildman–Crippen LogP) is 1.38. The summed E-state index contributed by atoms with van der Waals surface area (Å²) in [6.45, 7) is 3.96. The maximum atomic E-state index is 9.71. The summed E-state index contributed by atoms with van der Waals surface area (Å²) < 4.78 is 9.71. The van der Waals surface area contributed by atoms with Crippen molar-refractivity contribution in [2.24, 2.45) is 0 Å². The fourth-order valence-corrected chi connectivity index (χ4v) is 0.602. The molecule has 0 aliphatic rings. The summed E-state index contributed by atoms with van der Waals surface area (Å²) in [5.41, 5.74) is 1.21. The van der Waals surface area contributed by atoms with Crippen molar-refractivity contribution in [1.82, 2.24) is 0 Å². The molecule has 0 amide bonds. The highest BCUT2D eigenvalue weighted by Crippen LogP contribution is 1.85. The van der Waals surface area contributed by atoms with Gasteiger partial charge >= 0.3 is 11.7 Å². The lowest BCUT2D eigenvalue weighted by molar-refractivity contribution is 0.606. The Labute approximate surface area is 47.9 Å². The molecule has 0 atom stereocenters. The topological polar surface area (TPSA) is 17.1 Å². The highest BCUT2D eigenvalue weighted by Gasteiger charge is 1.87. The lowest BCUT2D eigenvalue weighted by Crippen LogP contribution is -1.72. The fraction of sp³-hybridized carbons (Fsp3) is 0.600. The monoisotopic (exact) mass is 117 g/mol. The van der Waals surface area contributed by atoms with E-state index in [1.807, 2.05) is 19.9 Å². The Morgan fingerprint density at radius 3 is 2.43 bits per heavy atom. The van der Waals surface area contributed by atoms with Crippen LogP contribution in [0, 0.1) is 0 Å². The van der Waals surface area contributed by atoms with Gasteiger partial charge in [0.05, 0.1) is 0 Å². The van der Waals surface area contributed by atoms with Crippen LogP contribution in [-0.2, 0) is 15.9 Å². The van der Waals surface area contributed by atoms with Crippen LogP contribution in [0.25, 0.3) is 0 Å². The molecular weight excluding hydrogens is 108 g/mol. The Morgan fingerprint density at radius 2 is 2.29 bits per heavy atom. The van der Waals surface area contributed by atoms with Crippen LogP contribution in [0.15, 0.2) is 11.6 Å². The van der Waals surface area contributed by atoms with E-state index in [-0.39, 0.29) is 0 Å². The van der Waals surface area contributed by atoms with Crippen molar-refractivity contribution in [2.45, 2.75) is 13.8 Å². The molecule has 0 rings (SSSR count). The van der Waals surface area contributed by atoms with Crippen molar-refractivity contribution in [3.63, 3.8) is 0 Å². The minimum Gasteiger partial charge on any atom is -0.0750 e. The lowest BCUT2D eigenvalue weighted by atomic mass is 10.3. The van der Waals surface area contributed by atoms with Crippen molar-refractivity contribution < 1.29 is 4.21 Å². The lowest BCUT2D eigenvalue weighted by Gasteiger charge is -1.74. The van der Waals surface area contributed by atoms with E-state index in [0.29, 0.717) is 17.4 Å². The summed E-state index contributed by atoms with van der Waals surface area (Å²) in [6, 6.07) is 0. The summed E-state index contributed by atoms with van der Waals surface area (Å²) in [4.78, 5) is 0. The van der Waals surface area contributed by atoms with Gasteiger partial charge in [0, 0.05) is 4.21 Å². The molecule has 0 N–H and O–H groups in total. The minimum atomic E-state index is 0.600. The SMILES string of the molecule is CC(C)=CC[S+]=O. The van der Waals surface area contributed by atoms with Gasteiger partial charge in [0.15, 0.2) is 0 Å². The van der Waals surface area contributed by atoms with E-state index in [2.05, 4.69) is 0 Å². The van der Waals surface area contributed by atoms with Gasteiger partial charge in [0.2, 0.25) is 5.75 Å². The first kappa shape index (κ1) is 6.76. The molecule has 0 radical (unpaired) electrons. The van der Waals surface area contributed by atoms with Gasteiger partial charge in [-0.3, -0.25) is 0 Å². The molecule has 0 spiro atoms. The van der Waals surface area contributed by atoms with Gasteiger partial charge in [-0.2, -0.15) is 0 Å². The molecule has 0 saturated heterocycles. The predicted molar refractivity (Wildman–Crippen MR) is 32.3 cm³/mol. The largest absolute Gasteiger partial charge is 0.463 e. The van der Waals surface area contributed by atoms with Crippen molar-refractivity contribution in [1.29, 1.82) is 0 Å². The molecule has 0 saturated carbocycles. The van der Waals surface area contributed by atoms with Gasteiger partial charge < -0.3 is 0 Å². The molecule has 0 heterocycles. The third-order valence-electron chi connectivity index (χ3n) is 0.560. The third-order valence-corrected chi connectivity index (χ3v) is 0.862. The van der Waals surface area contributed by atoms with Crippen LogP contribution < -0.4 is 0 Å². The second-order valence-corrected chi connectivity index (χ2v) is 2.14. The van der Waals surface area contributed by atoms with Crippen LogP contribution in [0.4, 0.5) is 0 Å². The van der Waals surface area contributed by atoms with E-state index in [1.54, 1.807) is 0 Å². The molecule has 0 aromatic carbocycles. The van der Waals surface area contributed by atoms with Crippen LogP contribution >= 0.6 is 0 Å². The molecule has 1 nitrogen and oxygen atoms in total. The van der Waals surface area contributed by atoms with Crippen molar-refractivity contribution in [3.05, 3.63) is 11.6 Å². The fourth-order valence-electron chi connectivity index (χ4n) is 0.201. The van der Waals surface area contributed by atoms with Gasteiger partial charge in [-0.25, -0.2) is 0 Å². The standard InChI is InChI=1S/C5H9OS/c1-5(2)3-4-7-6/h3H,4H2,1-2H3/q+1. The van der Waals surface area contributed by atoms with E-state index < -0.39 is 0 Å². The molecule has 0 aromatic rings. The Bertz CT molecular complexity index is 82.1. The first-order valence-electron chi connectivity index (χ1n) is 2.15. The van der Waals surface area contributed by atoms with E-state index in [4.69, 9.17) is 0 Å².